The van der Waals surface area contributed by atoms with Crippen LogP contribution < -0.4 is 20.1 Å². The number of ether oxygens (including phenoxy) is 2. The monoisotopic (exact) mass is 416 g/mol. The number of urea groups is 1. The first-order valence-electron chi connectivity index (χ1n) is 10.1. The molecule has 0 radical (unpaired) electrons. The Bertz CT molecular complexity index is 873. The summed E-state index contributed by atoms with van der Waals surface area (Å²) in [7, 11) is 0. The van der Waals surface area contributed by atoms with Crippen LogP contribution in [0.2, 0.25) is 0 Å². The van der Waals surface area contributed by atoms with E-state index in [2.05, 4.69) is 10.6 Å². The minimum atomic E-state index is -0.883. The van der Waals surface area contributed by atoms with Gasteiger partial charge in [-0.3, -0.25) is 19.3 Å². The molecule has 0 aliphatic carbocycles. The van der Waals surface area contributed by atoms with E-state index < -0.39 is 18.0 Å². The maximum absolute atomic E-state index is 12.6. The van der Waals surface area contributed by atoms with Gasteiger partial charge in [0, 0.05) is 26.1 Å². The van der Waals surface area contributed by atoms with E-state index >= 15 is 0 Å². The van der Waals surface area contributed by atoms with Crippen molar-refractivity contribution in [3.05, 3.63) is 23.8 Å². The minimum Gasteiger partial charge on any atom is -0.454 e. The van der Waals surface area contributed by atoms with Crippen molar-refractivity contribution in [2.75, 3.05) is 26.4 Å². The maximum Gasteiger partial charge on any atom is 0.325 e. The predicted octanol–water partition coefficient (Wildman–Crippen LogP) is 0.355. The van der Waals surface area contributed by atoms with Gasteiger partial charge in [0.1, 0.15) is 6.04 Å². The van der Waals surface area contributed by atoms with Crippen LogP contribution in [0.5, 0.6) is 11.5 Å². The molecule has 0 saturated carbocycles. The number of rotatable bonds is 8. The van der Waals surface area contributed by atoms with Gasteiger partial charge >= 0.3 is 6.03 Å². The molecule has 0 spiro atoms. The fourth-order valence-electron chi connectivity index (χ4n) is 3.78. The summed E-state index contributed by atoms with van der Waals surface area (Å²) in [6.45, 7) is 2.03. The molecule has 1 atom stereocenters. The van der Waals surface area contributed by atoms with E-state index in [1.165, 1.54) is 0 Å². The van der Waals surface area contributed by atoms with Gasteiger partial charge in [-0.2, -0.15) is 0 Å². The third-order valence-electron chi connectivity index (χ3n) is 5.37. The largest absolute Gasteiger partial charge is 0.454 e. The van der Waals surface area contributed by atoms with Crippen molar-refractivity contribution in [2.24, 2.45) is 0 Å². The predicted molar refractivity (Wildman–Crippen MR) is 103 cm³/mol. The van der Waals surface area contributed by atoms with Crippen molar-refractivity contribution in [1.29, 1.82) is 0 Å². The molecule has 0 unspecified atom stereocenters. The zero-order chi connectivity index (χ0) is 21.1. The number of fused-ring (bicyclic) bond motifs is 1. The number of likely N-dealkylation sites (tertiary alicyclic amines) is 1. The fraction of sp³-hybridized carbons (Fsp3) is 0.500. The van der Waals surface area contributed by atoms with Gasteiger partial charge in [0.05, 0.1) is 13.0 Å². The number of nitrogens with one attached hydrogen (secondary N) is 2. The second kappa shape index (κ2) is 8.60. The summed E-state index contributed by atoms with van der Waals surface area (Å²) in [5.74, 6) is 0.607. The summed E-state index contributed by atoms with van der Waals surface area (Å²) in [5.41, 5.74) is 0.726. The highest BCUT2D eigenvalue weighted by Gasteiger charge is 2.39. The lowest BCUT2D eigenvalue weighted by atomic mass is 10.1. The van der Waals surface area contributed by atoms with Gasteiger partial charge in [0.2, 0.25) is 18.6 Å². The molecule has 2 saturated heterocycles. The Morgan fingerprint density at radius 3 is 2.83 bits per heavy atom. The normalized spacial score (nSPS) is 20.1. The summed E-state index contributed by atoms with van der Waals surface area (Å²) in [6.07, 6.45) is 2.01. The molecule has 1 aromatic rings. The van der Waals surface area contributed by atoms with E-state index in [9.17, 15) is 19.2 Å². The molecule has 0 aromatic heterocycles. The first kappa shape index (κ1) is 20.0. The SMILES string of the molecule is O=C(C[C@@H]1NC(=O)N(Cc2ccc3c(c2)OCO3)C1=O)NCCCN1CCCC1=O. The molecule has 0 bridgehead atoms. The van der Waals surface area contributed by atoms with Crippen LogP contribution >= 0.6 is 0 Å². The van der Waals surface area contributed by atoms with Crippen LogP contribution in [0.4, 0.5) is 4.79 Å². The van der Waals surface area contributed by atoms with E-state index in [1.807, 2.05) is 0 Å². The average Bonchev–Trinajstić information content (AvgIpc) is 3.41. The van der Waals surface area contributed by atoms with Crippen molar-refractivity contribution in [3.8, 4) is 11.5 Å². The summed E-state index contributed by atoms with van der Waals surface area (Å²) >= 11 is 0. The van der Waals surface area contributed by atoms with Crippen molar-refractivity contribution < 1.29 is 28.7 Å². The van der Waals surface area contributed by atoms with Crippen molar-refractivity contribution in [3.63, 3.8) is 0 Å². The zero-order valence-electron chi connectivity index (χ0n) is 16.5. The highest BCUT2D eigenvalue weighted by Crippen LogP contribution is 2.33. The van der Waals surface area contributed by atoms with Crippen LogP contribution in [0.1, 0.15) is 31.2 Å². The number of hydrogen-bond acceptors (Lipinski definition) is 6. The standard InChI is InChI=1S/C20H24N4O6/c25-17(21-6-2-8-23-7-1-3-18(23)26)10-14-19(27)24(20(28)22-14)11-13-4-5-15-16(9-13)30-12-29-15/h4-5,9,14H,1-3,6-8,10-12H2,(H,21,25)(H,22,28)/t14-/m0/s1. The van der Waals surface area contributed by atoms with Crippen molar-refractivity contribution in [1.82, 2.24) is 20.4 Å². The molecular formula is C20H24N4O6. The molecular weight excluding hydrogens is 392 g/mol. The molecule has 2 N–H and O–H groups in total. The van der Waals surface area contributed by atoms with Gasteiger partial charge in [-0.25, -0.2) is 4.79 Å². The topological polar surface area (TPSA) is 117 Å². The highest BCUT2D eigenvalue weighted by molar-refractivity contribution is 6.05. The number of imide groups is 1. The van der Waals surface area contributed by atoms with Gasteiger partial charge in [-0.05, 0) is 30.5 Å². The van der Waals surface area contributed by atoms with Gasteiger partial charge in [-0.1, -0.05) is 6.07 Å². The maximum atomic E-state index is 12.6. The van der Waals surface area contributed by atoms with Crippen molar-refractivity contribution in [2.45, 2.75) is 38.3 Å². The molecule has 5 amide bonds. The Morgan fingerprint density at radius 1 is 1.20 bits per heavy atom. The molecule has 160 valence electrons. The molecule has 3 aliphatic rings. The lowest BCUT2D eigenvalue weighted by molar-refractivity contribution is -0.131. The lowest BCUT2D eigenvalue weighted by Crippen LogP contribution is -2.37. The van der Waals surface area contributed by atoms with Crippen LogP contribution in [0, 0.1) is 0 Å². The Balaban J connectivity index is 1.23. The van der Waals surface area contributed by atoms with Gasteiger partial charge in [-0.15, -0.1) is 0 Å². The summed E-state index contributed by atoms with van der Waals surface area (Å²) < 4.78 is 10.6. The molecule has 3 heterocycles. The van der Waals surface area contributed by atoms with Gasteiger partial charge in [0.15, 0.2) is 11.5 Å². The van der Waals surface area contributed by atoms with Crippen LogP contribution in [-0.2, 0) is 20.9 Å². The number of benzene rings is 1. The fourth-order valence-corrected chi connectivity index (χ4v) is 3.78. The second-order valence-electron chi connectivity index (χ2n) is 7.51. The second-order valence-corrected chi connectivity index (χ2v) is 7.51. The molecule has 3 aliphatic heterocycles. The van der Waals surface area contributed by atoms with E-state index in [1.54, 1.807) is 23.1 Å². The van der Waals surface area contributed by atoms with E-state index in [0.717, 1.165) is 23.4 Å². The Hall–Kier alpha value is -3.30. The molecule has 30 heavy (non-hydrogen) atoms. The van der Waals surface area contributed by atoms with E-state index in [-0.39, 0.29) is 31.6 Å². The minimum absolute atomic E-state index is 0.0866. The third kappa shape index (κ3) is 4.32. The number of amides is 5. The summed E-state index contributed by atoms with van der Waals surface area (Å²) in [4.78, 5) is 51.4. The smallest absolute Gasteiger partial charge is 0.325 e. The summed E-state index contributed by atoms with van der Waals surface area (Å²) in [6, 6.07) is 3.82. The Morgan fingerprint density at radius 2 is 2.03 bits per heavy atom. The third-order valence-corrected chi connectivity index (χ3v) is 5.37. The number of carbonyl (C=O) groups excluding carboxylic acids is 4. The van der Waals surface area contributed by atoms with E-state index in [0.29, 0.717) is 37.4 Å². The molecule has 10 nitrogen and oxygen atoms in total. The van der Waals surface area contributed by atoms with Crippen molar-refractivity contribution >= 4 is 23.8 Å². The first-order chi connectivity index (χ1) is 14.5. The van der Waals surface area contributed by atoms with E-state index in [4.69, 9.17) is 9.47 Å². The number of hydrogen-bond donors (Lipinski definition) is 2. The van der Waals surface area contributed by atoms with Crippen LogP contribution in [0.15, 0.2) is 18.2 Å². The summed E-state index contributed by atoms with van der Waals surface area (Å²) in [5, 5.41) is 5.31. The van der Waals surface area contributed by atoms with Crippen LogP contribution in [0.25, 0.3) is 0 Å². The number of carbonyl (C=O) groups is 4. The average molecular weight is 416 g/mol. The lowest BCUT2D eigenvalue weighted by Gasteiger charge is -2.15. The molecule has 4 rings (SSSR count). The highest BCUT2D eigenvalue weighted by atomic mass is 16.7. The first-order valence-corrected chi connectivity index (χ1v) is 10.1. The Labute approximate surface area is 173 Å². The zero-order valence-corrected chi connectivity index (χ0v) is 16.5. The molecule has 2 fully saturated rings. The van der Waals surface area contributed by atoms with Gasteiger partial charge in [0.25, 0.3) is 5.91 Å². The molecule has 1 aromatic carbocycles. The quantitative estimate of drug-likeness (QED) is 0.467. The van der Waals surface area contributed by atoms with Crippen LogP contribution in [0.3, 0.4) is 0 Å². The van der Waals surface area contributed by atoms with Crippen LogP contribution in [-0.4, -0.2) is 66.0 Å². The van der Waals surface area contributed by atoms with Gasteiger partial charge < -0.3 is 25.0 Å². The number of nitrogens with zero attached hydrogens (tertiary/aromatic N) is 2. The molecule has 10 heteroatoms. The Kier molecular flexibility index (Phi) is 5.73.